The average Bonchev–Trinajstić information content (AvgIpc) is 3.52. The third kappa shape index (κ3) is 3.04. The van der Waals surface area contributed by atoms with Crippen molar-refractivity contribution in [2.24, 2.45) is 0 Å². The van der Waals surface area contributed by atoms with E-state index in [1.54, 1.807) is 17.5 Å². The van der Waals surface area contributed by atoms with Crippen LogP contribution in [0.25, 0.3) is 38.2 Å². The maximum atomic E-state index is 13.6. The lowest BCUT2D eigenvalue weighted by Gasteiger charge is -2.26. The number of rotatable bonds is 1. The highest BCUT2D eigenvalue weighted by molar-refractivity contribution is 7.14. The van der Waals surface area contributed by atoms with E-state index in [9.17, 15) is 40.7 Å². The molecule has 0 atom stereocenters. The van der Waals surface area contributed by atoms with Gasteiger partial charge in [-0.15, -0.1) is 11.3 Å². The smallest absolute Gasteiger partial charge is 0.268 e. The zero-order valence-corrected chi connectivity index (χ0v) is 19.8. The molecule has 0 radical (unpaired) electrons. The maximum absolute atomic E-state index is 13.6. The Morgan fingerprint density at radius 2 is 1.36 bits per heavy atom. The monoisotopic (exact) mass is 557 g/mol. The molecule has 0 bridgehead atoms. The SMILES string of the molecule is O=C1c2ccc3c(=O)n4c5cc(C(F)(F)F)c(C(F)(F)F)cc5nc4c4ccc(c2c34)C(=O)N1c1cccs1. The first-order valence-electron chi connectivity index (χ1n) is 11.2. The number of alkyl halides is 6. The predicted octanol–water partition coefficient (Wildman–Crippen LogP) is 6.49. The highest BCUT2D eigenvalue weighted by atomic mass is 32.1. The van der Waals surface area contributed by atoms with Crippen molar-refractivity contribution >= 4 is 66.4 Å². The summed E-state index contributed by atoms with van der Waals surface area (Å²) in [6.07, 6.45) is -10.7. The van der Waals surface area contributed by atoms with Gasteiger partial charge in [0.1, 0.15) is 10.6 Å². The van der Waals surface area contributed by atoms with Crippen LogP contribution in [-0.2, 0) is 12.4 Å². The molecule has 0 aliphatic carbocycles. The minimum atomic E-state index is -5.35. The third-order valence-electron chi connectivity index (χ3n) is 6.83. The van der Waals surface area contributed by atoms with Crippen LogP contribution in [0.4, 0.5) is 31.3 Å². The molecule has 0 fully saturated rings. The van der Waals surface area contributed by atoms with Crippen LogP contribution in [-0.4, -0.2) is 21.2 Å². The van der Waals surface area contributed by atoms with Crippen LogP contribution in [0.3, 0.4) is 0 Å². The Bertz CT molecular complexity index is 2090. The van der Waals surface area contributed by atoms with Crippen molar-refractivity contribution in [3.63, 3.8) is 0 Å². The minimum Gasteiger partial charge on any atom is -0.268 e. The van der Waals surface area contributed by atoms with Gasteiger partial charge in [-0.25, -0.2) is 9.88 Å². The summed E-state index contributed by atoms with van der Waals surface area (Å²) < 4.78 is 82.3. The summed E-state index contributed by atoms with van der Waals surface area (Å²) in [6.45, 7) is 0. The highest BCUT2D eigenvalue weighted by Gasteiger charge is 2.44. The van der Waals surface area contributed by atoms with Gasteiger partial charge >= 0.3 is 12.4 Å². The predicted molar refractivity (Wildman–Crippen MR) is 131 cm³/mol. The fourth-order valence-corrected chi connectivity index (χ4v) is 5.97. The van der Waals surface area contributed by atoms with Crippen LogP contribution in [0.2, 0.25) is 0 Å². The lowest BCUT2D eigenvalue weighted by molar-refractivity contribution is -0.161. The lowest BCUT2D eigenvalue weighted by Crippen LogP contribution is -2.40. The van der Waals surface area contributed by atoms with Crippen molar-refractivity contribution in [3.05, 3.63) is 86.5 Å². The number of anilines is 1. The number of nitrogens with zero attached hydrogens (tertiary/aromatic N) is 3. The molecule has 1 aliphatic rings. The molecule has 7 rings (SSSR count). The van der Waals surface area contributed by atoms with E-state index < -0.39 is 51.9 Å². The molecule has 0 N–H and O–H groups in total. The summed E-state index contributed by atoms with van der Waals surface area (Å²) in [5.74, 6) is -1.26. The summed E-state index contributed by atoms with van der Waals surface area (Å²) in [4.78, 5) is 45.5. The number of thiophene rings is 1. The number of imidazole rings is 1. The minimum absolute atomic E-state index is 0.0315. The van der Waals surface area contributed by atoms with Crippen molar-refractivity contribution in [2.45, 2.75) is 12.4 Å². The first-order valence-corrected chi connectivity index (χ1v) is 12.0. The molecule has 4 heterocycles. The Hall–Kier alpha value is -4.52. The quantitative estimate of drug-likeness (QED) is 0.171. The average molecular weight is 557 g/mol. The van der Waals surface area contributed by atoms with E-state index in [4.69, 9.17) is 0 Å². The molecule has 3 aromatic carbocycles. The van der Waals surface area contributed by atoms with E-state index in [1.807, 2.05) is 0 Å². The van der Waals surface area contributed by atoms with Gasteiger partial charge in [-0.05, 0) is 53.9 Å². The van der Waals surface area contributed by atoms with Crippen molar-refractivity contribution < 1.29 is 35.9 Å². The molecular formula is C26H9F6N3O3S. The number of fused-ring (bicyclic) bond motifs is 4. The van der Waals surface area contributed by atoms with Crippen molar-refractivity contribution in [3.8, 4) is 0 Å². The molecule has 39 heavy (non-hydrogen) atoms. The van der Waals surface area contributed by atoms with Gasteiger partial charge in [-0.1, -0.05) is 0 Å². The number of halogens is 6. The van der Waals surface area contributed by atoms with E-state index in [-0.39, 0.29) is 50.5 Å². The zero-order valence-electron chi connectivity index (χ0n) is 18.9. The number of hydrogen-bond donors (Lipinski definition) is 0. The van der Waals surface area contributed by atoms with Crippen LogP contribution in [0.15, 0.2) is 58.7 Å². The molecule has 0 saturated heterocycles. The molecule has 0 saturated carbocycles. The Kier molecular flexibility index (Phi) is 4.42. The van der Waals surface area contributed by atoms with Crippen LogP contribution in [0.1, 0.15) is 31.8 Å². The second kappa shape index (κ2) is 7.32. The number of carbonyl (C=O) groups is 2. The standard InChI is InChI=1S/C26H9F6N3O3S/c27-25(28,29)14-8-16-17(9-15(14)26(30,31)32)34-21(33-16)10-3-4-12-20-13(6-5-11(19(10)20)22(34)36)24(38)35(23(12)37)18-2-1-7-39-18/h1-9H. The number of aromatic nitrogens is 2. The molecule has 3 aromatic heterocycles. The zero-order chi connectivity index (χ0) is 27.6. The number of pyridine rings is 1. The van der Waals surface area contributed by atoms with Crippen LogP contribution in [0, 0.1) is 0 Å². The number of carbonyl (C=O) groups excluding carboxylic acids is 2. The summed E-state index contributed by atoms with van der Waals surface area (Å²) in [5.41, 5.74) is -5.60. The highest BCUT2D eigenvalue weighted by Crippen LogP contribution is 2.43. The number of imide groups is 1. The van der Waals surface area contributed by atoms with Crippen LogP contribution < -0.4 is 10.5 Å². The third-order valence-corrected chi connectivity index (χ3v) is 7.69. The van der Waals surface area contributed by atoms with Gasteiger partial charge in [-0.2, -0.15) is 26.3 Å². The molecule has 0 unspecified atom stereocenters. The summed E-state index contributed by atoms with van der Waals surface area (Å²) in [5, 5.41) is 2.60. The largest absolute Gasteiger partial charge is 0.417 e. The van der Waals surface area contributed by atoms with Gasteiger partial charge in [0.25, 0.3) is 17.4 Å². The summed E-state index contributed by atoms with van der Waals surface area (Å²) >= 11 is 1.18. The van der Waals surface area contributed by atoms with E-state index >= 15 is 0 Å². The van der Waals surface area contributed by atoms with Gasteiger partial charge in [0.05, 0.1) is 22.2 Å². The van der Waals surface area contributed by atoms with Gasteiger partial charge in [-0.3, -0.25) is 18.8 Å². The Morgan fingerprint density at radius 1 is 0.744 bits per heavy atom. The molecule has 2 amide bonds. The fourth-order valence-electron chi connectivity index (χ4n) is 5.25. The van der Waals surface area contributed by atoms with Crippen LogP contribution >= 0.6 is 11.3 Å². The molecule has 6 aromatic rings. The van der Waals surface area contributed by atoms with Crippen molar-refractivity contribution in [1.29, 1.82) is 0 Å². The number of benzene rings is 3. The molecule has 0 spiro atoms. The van der Waals surface area contributed by atoms with E-state index in [2.05, 4.69) is 4.98 Å². The van der Waals surface area contributed by atoms with Gasteiger partial charge < -0.3 is 0 Å². The Labute approximate surface area is 215 Å². The van der Waals surface area contributed by atoms with Gasteiger partial charge in [0.15, 0.2) is 0 Å². The normalized spacial score (nSPS) is 14.6. The summed E-state index contributed by atoms with van der Waals surface area (Å²) in [6, 6.07) is 9.31. The maximum Gasteiger partial charge on any atom is 0.417 e. The second-order valence-electron chi connectivity index (χ2n) is 8.93. The Morgan fingerprint density at radius 3 is 1.95 bits per heavy atom. The number of amides is 2. The van der Waals surface area contributed by atoms with E-state index in [1.165, 1.54) is 35.6 Å². The molecule has 13 heteroatoms. The van der Waals surface area contributed by atoms with Crippen LogP contribution in [0.5, 0.6) is 0 Å². The molecule has 194 valence electrons. The molecular weight excluding hydrogens is 548 g/mol. The second-order valence-corrected chi connectivity index (χ2v) is 9.85. The van der Waals surface area contributed by atoms with Gasteiger partial charge in [0, 0.05) is 32.7 Å². The number of hydrogen-bond acceptors (Lipinski definition) is 5. The molecule has 1 aliphatic heterocycles. The fraction of sp³-hybridized carbons (Fsp3) is 0.0769. The van der Waals surface area contributed by atoms with Gasteiger partial charge in [0.2, 0.25) is 0 Å². The summed E-state index contributed by atoms with van der Waals surface area (Å²) in [7, 11) is 0. The molecule has 6 nitrogen and oxygen atoms in total. The first-order chi connectivity index (χ1) is 18.4. The lowest BCUT2D eigenvalue weighted by atomic mass is 9.90. The van der Waals surface area contributed by atoms with E-state index in [0.717, 1.165) is 9.30 Å². The van der Waals surface area contributed by atoms with E-state index in [0.29, 0.717) is 5.00 Å². The van der Waals surface area contributed by atoms with Crippen molar-refractivity contribution in [1.82, 2.24) is 9.38 Å². The first kappa shape index (κ1) is 23.6. The Balaban J connectivity index is 1.61. The topological polar surface area (TPSA) is 71.7 Å². The van der Waals surface area contributed by atoms with Crippen molar-refractivity contribution in [2.75, 3.05) is 4.90 Å².